The number of ether oxygens (including phenoxy) is 2. The Morgan fingerprint density at radius 3 is 2.32 bits per heavy atom. The molecule has 4 heteroatoms. The molecule has 6 rings (SSSR count). The minimum Gasteiger partial charge on any atom is -0.489 e. The second-order valence-electron chi connectivity index (χ2n) is 10.1. The number of hydrogen-bond acceptors (Lipinski definition) is 3. The molecule has 0 unspecified atom stereocenters. The Bertz CT molecular complexity index is 1430. The zero-order chi connectivity index (χ0) is 25.0. The van der Waals surface area contributed by atoms with Crippen LogP contribution in [0.25, 0.3) is 27.7 Å². The van der Waals surface area contributed by atoms with Crippen LogP contribution in [-0.2, 0) is 24.4 Å². The maximum Gasteiger partial charge on any atom is 0.119 e. The fraction of sp³-hybridized carbons (Fsp3) is 0.333. The second kappa shape index (κ2) is 11.0. The number of likely N-dealkylation sites (tertiary alicyclic amines) is 1. The van der Waals surface area contributed by atoms with Crippen LogP contribution < -0.4 is 4.74 Å². The summed E-state index contributed by atoms with van der Waals surface area (Å²) in [7, 11) is 0. The first-order chi connectivity index (χ1) is 18.3. The van der Waals surface area contributed by atoms with Crippen LogP contribution in [0, 0.1) is 0 Å². The predicted molar refractivity (Wildman–Crippen MR) is 152 cm³/mol. The first kappa shape index (κ1) is 24.0. The molecular weight excluding hydrogens is 456 g/mol. The summed E-state index contributed by atoms with van der Waals surface area (Å²) < 4.78 is 14.7. The van der Waals surface area contributed by atoms with E-state index < -0.39 is 0 Å². The quantitative estimate of drug-likeness (QED) is 0.191. The summed E-state index contributed by atoms with van der Waals surface area (Å²) in [5.41, 5.74) is 10.2. The molecule has 4 nitrogen and oxygen atoms in total. The largest absolute Gasteiger partial charge is 0.489 e. The van der Waals surface area contributed by atoms with E-state index in [1.807, 2.05) is 18.2 Å². The van der Waals surface area contributed by atoms with Crippen molar-refractivity contribution >= 4 is 16.6 Å². The van der Waals surface area contributed by atoms with Crippen molar-refractivity contribution in [3.63, 3.8) is 0 Å². The smallest absolute Gasteiger partial charge is 0.119 e. The molecular formula is C33H36N2O2. The van der Waals surface area contributed by atoms with Gasteiger partial charge in [0, 0.05) is 17.7 Å². The van der Waals surface area contributed by atoms with Gasteiger partial charge in [-0.1, -0.05) is 61.9 Å². The van der Waals surface area contributed by atoms with Crippen LogP contribution in [0.15, 0.2) is 78.9 Å². The van der Waals surface area contributed by atoms with Crippen LogP contribution in [0.5, 0.6) is 5.75 Å². The van der Waals surface area contributed by atoms with Gasteiger partial charge in [0.15, 0.2) is 0 Å². The average Bonchev–Trinajstić information content (AvgIpc) is 3.48. The summed E-state index contributed by atoms with van der Waals surface area (Å²) in [6.45, 7) is 7.75. The number of aryl methyl sites for hydroxylation is 1. The Kier molecular flexibility index (Phi) is 7.11. The van der Waals surface area contributed by atoms with E-state index in [9.17, 15) is 0 Å². The number of piperidine rings is 1. The minimum absolute atomic E-state index is 0.578. The number of hydrogen-bond donors (Lipinski definition) is 0. The molecule has 1 fully saturated rings. The van der Waals surface area contributed by atoms with Gasteiger partial charge in [-0.25, -0.2) is 0 Å². The lowest BCUT2D eigenvalue weighted by Crippen LogP contribution is -2.32. The van der Waals surface area contributed by atoms with E-state index in [4.69, 9.17) is 9.47 Å². The summed E-state index contributed by atoms with van der Waals surface area (Å²) in [6, 6.07) is 27.9. The molecule has 0 bridgehead atoms. The summed E-state index contributed by atoms with van der Waals surface area (Å²) in [5, 5.41) is 0. The lowest BCUT2D eigenvalue weighted by Gasteiger charge is -2.26. The van der Waals surface area contributed by atoms with Crippen molar-refractivity contribution in [2.24, 2.45) is 0 Å². The van der Waals surface area contributed by atoms with E-state index in [0.29, 0.717) is 13.2 Å². The molecule has 1 aliphatic rings. The summed E-state index contributed by atoms with van der Waals surface area (Å²) >= 11 is 0. The van der Waals surface area contributed by atoms with Gasteiger partial charge >= 0.3 is 0 Å². The highest BCUT2D eigenvalue weighted by molar-refractivity contribution is 5.96. The third kappa shape index (κ3) is 4.96. The van der Waals surface area contributed by atoms with Gasteiger partial charge in [-0.2, -0.15) is 0 Å². The Hall–Kier alpha value is -3.34. The lowest BCUT2D eigenvalue weighted by molar-refractivity contribution is 0.0869. The van der Waals surface area contributed by atoms with Crippen molar-refractivity contribution in [3.8, 4) is 16.9 Å². The molecule has 0 saturated carbocycles. The number of aromatic nitrogens is 1. The Labute approximate surface area is 219 Å². The summed E-state index contributed by atoms with van der Waals surface area (Å²) in [6.07, 6.45) is 5.01. The molecule has 0 N–H and O–H groups in total. The van der Waals surface area contributed by atoms with E-state index in [2.05, 4.69) is 76.9 Å². The maximum absolute atomic E-state index is 6.19. The van der Waals surface area contributed by atoms with Crippen LogP contribution >= 0.6 is 0 Å². The highest BCUT2D eigenvalue weighted by Crippen LogP contribution is 2.39. The number of nitrogens with zero attached hydrogens (tertiary/aromatic N) is 2. The average molecular weight is 493 g/mol. The number of pyridine rings is 1. The highest BCUT2D eigenvalue weighted by Gasteiger charge is 2.20. The molecule has 0 spiro atoms. The Morgan fingerprint density at radius 1 is 0.757 bits per heavy atom. The molecule has 4 heterocycles. The lowest BCUT2D eigenvalue weighted by atomic mass is 9.99. The van der Waals surface area contributed by atoms with Crippen LogP contribution in [0.1, 0.15) is 42.9 Å². The fourth-order valence-electron chi connectivity index (χ4n) is 5.84. The standard InChI is InChI=1S/C33H36N2O2/c1-2-29-31-13-9-12-30-27(24-36-21-20-34-18-7-4-8-19-34)22-32(35(30)31)33(29)26-14-16-28(17-15-26)37-23-25-10-5-3-6-11-25/h3,5-6,9-17,22H,2,4,7-8,18-21,23-24H2,1H3. The molecule has 0 amide bonds. The summed E-state index contributed by atoms with van der Waals surface area (Å²) in [4.78, 5) is 2.54. The van der Waals surface area contributed by atoms with Gasteiger partial charge in [0.25, 0.3) is 0 Å². The molecule has 5 aromatic rings. The van der Waals surface area contributed by atoms with Gasteiger partial charge in [0.1, 0.15) is 12.4 Å². The topological polar surface area (TPSA) is 26.1 Å². The van der Waals surface area contributed by atoms with Gasteiger partial charge in [-0.3, -0.25) is 0 Å². The first-order valence-corrected chi connectivity index (χ1v) is 13.8. The third-order valence-corrected chi connectivity index (χ3v) is 7.74. The molecule has 1 saturated heterocycles. The van der Waals surface area contributed by atoms with Crippen molar-refractivity contribution < 1.29 is 9.47 Å². The first-order valence-electron chi connectivity index (χ1n) is 13.8. The van der Waals surface area contributed by atoms with Crippen LogP contribution in [0.2, 0.25) is 0 Å². The van der Waals surface area contributed by atoms with Crippen LogP contribution in [-0.4, -0.2) is 35.5 Å². The van der Waals surface area contributed by atoms with E-state index in [1.165, 1.54) is 76.7 Å². The third-order valence-electron chi connectivity index (χ3n) is 7.74. The molecule has 190 valence electrons. The molecule has 37 heavy (non-hydrogen) atoms. The zero-order valence-electron chi connectivity index (χ0n) is 21.8. The van der Waals surface area contributed by atoms with Crippen molar-refractivity contribution in [1.29, 1.82) is 0 Å². The highest BCUT2D eigenvalue weighted by atomic mass is 16.5. The normalized spacial score (nSPS) is 14.6. The summed E-state index contributed by atoms with van der Waals surface area (Å²) in [5.74, 6) is 0.893. The van der Waals surface area contributed by atoms with Gasteiger partial charge in [-0.15, -0.1) is 0 Å². The molecule has 2 aromatic carbocycles. The van der Waals surface area contributed by atoms with Crippen molar-refractivity contribution in [2.45, 2.75) is 45.8 Å². The molecule has 0 radical (unpaired) electrons. The molecule has 1 aliphatic heterocycles. The zero-order valence-corrected chi connectivity index (χ0v) is 21.8. The van der Waals surface area contributed by atoms with Gasteiger partial charge in [-0.05, 0) is 79.4 Å². The monoisotopic (exact) mass is 492 g/mol. The molecule has 3 aromatic heterocycles. The SMILES string of the molecule is CCc1c(-c2ccc(OCc3ccccc3)cc2)c2cc(COCCN3CCCCC3)c3cccc1n32. The van der Waals surface area contributed by atoms with Crippen molar-refractivity contribution in [3.05, 3.63) is 95.6 Å². The fourth-order valence-corrected chi connectivity index (χ4v) is 5.84. The Balaban J connectivity index is 1.23. The maximum atomic E-state index is 6.19. The molecule has 0 atom stereocenters. The van der Waals surface area contributed by atoms with Crippen molar-refractivity contribution in [1.82, 2.24) is 9.30 Å². The number of benzene rings is 2. The van der Waals surface area contributed by atoms with E-state index in [1.54, 1.807) is 0 Å². The Morgan fingerprint density at radius 2 is 1.54 bits per heavy atom. The van der Waals surface area contributed by atoms with E-state index >= 15 is 0 Å². The van der Waals surface area contributed by atoms with E-state index in [0.717, 1.165) is 25.3 Å². The van der Waals surface area contributed by atoms with Crippen LogP contribution in [0.3, 0.4) is 0 Å². The van der Waals surface area contributed by atoms with Gasteiger partial charge < -0.3 is 18.8 Å². The second-order valence-corrected chi connectivity index (χ2v) is 10.1. The minimum atomic E-state index is 0.578. The van der Waals surface area contributed by atoms with Gasteiger partial charge in [0.2, 0.25) is 0 Å². The van der Waals surface area contributed by atoms with Gasteiger partial charge in [0.05, 0.1) is 29.8 Å². The predicted octanol–water partition coefficient (Wildman–Crippen LogP) is 7.34. The van der Waals surface area contributed by atoms with E-state index in [-0.39, 0.29) is 0 Å². The van der Waals surface area contributed by atoms with Crippen molar-refractivity contribution in [2.75, 3.05) is 26.2 Å². The van der Waals surface area contributed by atoms with Crippen LogP contribution in [0.4, 0.5) is 0 Å². The molecule has 0 aliphatic carbocycles. The number of rotatable bonds is 10.